The minimum absolute atomic E-state index is 0.00628. The molecule has 0 amide bonds. The van der Waals surface area contributed by atoms with Crippen molar-refractivity contribution in [3.8, 4) is 0 Å². The SMILES string of the molecule is CCC1C(C)CC(C(OC(C)=O)C(C)(C)O)OC1C(O)C1(C)CCCC23CC24CCC(OC2CN(CC(C)(C)O)CCO2)C(C)(C)C4CCC13. The number of morpholine rings is 1. The molecular weight excluding hydrogens is 634 g/mol. The molecule has 2 saturated heterocycles. The van der Waals surface area contributed by atoms with E-state index in [0.29, 0.717) is 38.0 Å². The molecule has 4 saturated carbocycles. The van der Waals surface area contributed by atoms with Crippen LogP contribution in [0.4, 0.5) is 0 Å². The van der Waals surface area contributed by atoms with Crippen LogP contribution in [-0.2, 0) is 23.7 Å². The molecule has 0 bridgehead atoms. The number of esters is 1. The van der Waals surface area contributed by atoms with Crippen LogP contribution < -0.4 is 0 Å². The lowest BCUT2D eigenvalue weighted by atomic mass is 9.45. The van der Waals surface area contributed by atoms with E-state index < -0.39 is 35.5 Å². The van der Waals surface area contributed by atoms with Gasteiger partial charge >= 0.3 is 5.97 Å². The van der Waals surface area contributed by atoms with Crippen molar-refractivity contribution < 1.29 is 39.1 Å². The molecule has 2 heterocycles. The topological polar surface area (TPSA) is 118 Å². The van der Waals surface area contributed by atoms with Crippen molar-refractivity contribution in [3.05, 3.63) is 0 Å². The average molecular weight is 706 g/mol. The third kappa shape index (κ3) is 6.74. The molecule has 6 rings (SSSR count). The molecule has 6 aliphatic rings. The van der Waals surface area contributed by atoms with Crippen molar-refractivity contribution in [2.45, 2.75) is 181 Å². The first kappa shape index (κ1) is 38.9. The van der Waals surface area contributed by atoms with Crippen molar-refractivity contribution in [2.75, 3.05) is 26.2 Å². The molecule has 13 atom stereocenters. The predicted molar refractivity (Wildman–Crippen MR) is 192 cm³/mol. The summed E-state index contributed by atoms with van der Waals surface area (Å²) in [6.07, 6.45) is 8.19. The van der Waals surface area contributed by atoms with Gasteiger partial charge in [-0.2, -0.15) is 0 Å². The fraction of sp³-hybridized carbons (Fsp3) is 0.976. The number of β-amino-alcohol motifs (C(OH)–C–C–N with tert-alkyl or cyclic N) is 1. The molecule has 2 spiro atoms. The van der Waals surface area contributed by atoms with E-state index in [0.717, 1.165) is 45.1 Å². The first-order chi connectivity index (χ1) is 23.2. The fourth-order valence-electron chi connectivity index (χ4n) is 13.2. The van der Waals surface area contributed by atoms with Crippen molar-refractivity contribution >= 4 is 5.97 Å². The number of ether oxygens (including phenoxy) is 4. The van der Waals surface area contributed by atoms with Gasteiger partial charge in [0.15, 0.2) is 12.4 Å². The molecule has 9 heteroatoms. The Bertz CT molecular complexity index is 1230. The molecule has 0 radical (unpaired) electrons. The normalized spacial score (nSPS) is 44.7. The molecule has 9 nitrogen and oxygen atoms in total. The lowest BCUT2D eigenvalue weighted by Gasteiger charge is -2.61. The van der Waals surface area contributed by atoms with Gasteiger partial charge in [-0.3, -0.25) is 9.69 Å². The van der Waals surface area contributed by atoms with E-state index in [-0.39, 0.29) is 52.0 Å². The summed E-state index contributed by atoms with van der Waals surface area (Å²) in [6.45, 7) is 22.9. The fourth-order valence-corrected chi connectivity index (χ4v) is 13.2. The largest absolute Gasteiger partial charge is 0.457 e. The average Bonchev–Trinajstić information content (AvgIpc) is 3.66. The summed E-state index contributed by atoms with van der Waals surface area (Å²) >= 11 is 0. The van der Waals surface area contributed by atoms with Crippen molar-refractivity contribution in [1.82, 2.24) is 4.90 Å². The second-order valence-corrected chi connectivity index (χ2v) is 19.9. The van der Waals surface area contributed by atoms with Gasteiger partial charge in [0.2, 0.25) is 0 Å². The zero-order valence-corrected chi connectivity index (χ0v) is 33.0. The zero-order chi connectivity index (χ0) is 36.7. The number of aliphatic hydroxyl groups is 3. The van der Waals surface area contributed by atoms with E-state index in [1.807, 2.05) is 13.8 Å². The maximum atomic E-state index is 12.7. The highest BCUT2D eigenvalue weighted by Gasteiger charge is 2.80. The summed E-state index contributed by atoms with van der Waals surface area (Å²) in [6, 6.07) is 0. The molecule has 13 unspecified atom stereocenters. The first-order valence-electron chi connectivity index (χ1n) is 20.1. The Labute approximate surface area is 302 Å². The lowest BCUT2D eigenvalue weighted by Crippen LogP contribution is -2.61. The van der Waals surface area contributed by atoms with Crippen LogP contribution in [0.2, 0.25) is 0 Å². The Kier molecular flexibility index (Phi) is 10.5. The third-order valence-electron chi connectivity index (χ3n) is 15.2. The Hall–Kier alpha value is -0.810. The van der Waals surface area contributed by atoms with Crippen LogP contribution >= 0.6 is 0 Å². The van der Waals surface area contributed by atoms with Gasteiger partial charge in [-0.25, -0.2) is 0 Å². The van der Waals surface area contributed by atoms with Crippen LogP contribution in [0.5, 0.6) is 0 Å². The molecule has 2 aliphatic heterocycles. The maximum Gasteiger partial charge on any atom is 0.303 e. The quantitative estimate of drug-likeness (QED) is 0.232. The highest BCUT2D eigenvalue weighted by Crippen LogP contribution is 2.86. The number of hydrogen-bond donors (Lipinski definition) is 3. The summed E-state index contributed by atoms with van der Waals surface area (Å²) in [4.78, 5) is 14.4. The maximum absolute atomic E-state index is 12.7. The number of hydrogen-bond acceptors (Lipinski definition) is 9. The third-order valence-corrected chi connectivity index (χ3v) is 15.2. The van der Waals surface area contributed by atoms with Gasteiger partial charge in [0, 0.05) is 26.6 Å². The van der Waals surface area contributed by atoms with Gasteiger partial charge in [0.05, 0.1) is 42.2 Å². The van der Waals surface area contributed by atoms with E-state index in [1.165, 1.54) is 26.2 Å². The van der Waals surface area contributed by atoms with Crippen LogP contribution in [0.3, 0.4) is 0 Å². The molecule has 0 aromatic rings. The minimum Gasteiger partial charge on any atom is -0.457 e. The van der Waals surface area contributed by atoms with Crippen LogP contribution in [0.15, 0.2) is 0 Å². The Balaban J connectivity index is 1.20. The van der Waals surface area contributed by atoms with E-state index in [4.69, 9.17) is 18.9 Å². The van der Waals surface area contributed by atoms with Crippen molar-refractivity contribution in [3.63, 3.8) is 0 Å². The highest BCUT2D eigenvalue weighted by molar-refractivity contribution is 5.66. The van der Waals surface area contributed by atoms with E-state index in [1.54, 1.807) is 13.8 Å². The van der Waals surface area contributed by atoms with E-state index in [2.05, 4.69) is 39.5 Å². The second-order valence-electron chi connectivity index (χ2n) is 19.9. The van der Waals surface area contributed by atoms with Gasteiger partial charge in [-0.15, -0.1) is 0 Å². The molecule has 4 aliphatic carbocycles. The van der Waals surface area contributed by atoms with Gasteiger partial charge in [0.1, 0.15) is 0 Å². The van der Waals surface area contributed by atoms with Gasteiger partial charge < -0.3 is 34.3 Å². The summed E-state index contributed by atoms with van der Waals surface area (Å²) < 4.78 is 25.6. The van der Waals surface area contributed by atoms with Crippen LogP contribution in [0.1, 0.15) is 133 Å². The summed E-state index contributed by atoms with van der Waals surface area (Å²) in [5.74, 6) is 1.01. The number of nitrogens with zero attached hydrogens (tertiary/aromatic N) is 1. The van der Waals surface area contributed by atoms with Crippen molar-refractivity contribution in [1.29, 1.82) is 0 Å². The summed E-state index contributed by atoms with van der Waals surface area (Å²) in [5.41, 5.74) is -1.76. The van der Waals surface area contributed by atoms with Crippen LogP contribution in [0.25, 0.3) is 0 Å². The molecule has 50 heavy (non-hydrogen) atoms. The minimum atomic E-state index is -1.27. The number of carbonyl (C=O) groups is 1. The Morgan fingerprint density at radius 1 is 1.02 bits per heavy atom. The highest BCUT2D eigenvalue weighted by atomic mass is 16.7. The number of aliphatic hydroxyl groups excluding tert-OH is 1. The van der Waals surface area contributed by atoms with Crippen LogP contribution in [-0.4, -0.2) is 100 Å². The monoisotopic (exact) mass is 706 g/mol. The number of carbonyl (C=O) groups excluding carboxylic acids is 1. The van der Waals surface area contributed by atoms with E-state index >= 15 is 0 Å². The van der Waals surface area contributed by atoms with Gasteiger partial charge in [-0.05, 0) is 124 Å². The standard InChI is InChI=1S/C41H71NO8/c1-11-27-25(2)21-28(35(38(8,9)46)48-26(3)43)49-33(27)34(44)39(10)16-12-17-40-23-41(40)18-15-31(37(6,7)29(41)13-14-30(39)40)50-32-22-42(19-20-47-32)24-36(4,5)45/h25,27-35,44-46H,11-24H2,1-10H3. The van der Waals surface area contributed by atoms with Gasteiger partial charge in [-0.1, -0.05) is 47.5 Å². The molecule has 3 N–H and O–H groups in total. The first-order valence-corrected chi connectivity index (χ1v) is 20.1. The molecule has 6 fully saturated rings. The lowest BCUT2D eigenvalue weighted by molar-refractivity contribution is -0.254. The molecule has 0 aromatic heterocycles. The molecule has 0 aromatic carbocycles. The summed E-state index contributed by atoms with van der Waals surface area (Å²) in [5, 5.41) is 34.2. The zero-order valence-electron chi connectivity index (χ0n) is 33.0. The predicted octanol–water partition coefficient (Wildman–Crippen LogP) is 6.10. The summed E-state index contributed by atoms with van der Waals surface area (Å²) in [7, 11) is 0. The second kappa shape index (κ2) is 13.5. The van der Waals surface area contributed by atoms with E-state index in [9.17, 15) is 20.1 Å². The van der Waals surface area contributed by atoms with Crippen LogP contribution in [0, 0.1) is 45.3 Å². The Morgan fingerprint density at radius 3 is 2.34 bits per heavy atom. The van der Waals surface area contributed by atoms with Crippen molar-refractivity contribution in [2.24, 2.45) is 45.3 Å². The molecule has 288 valence electrons. The number of rotatable bonds is 10. The van der Waals surface area contributed by atoms with Gasteiger partial charge in [0.25, 0.3) is 0 Å². The molecular formula is C41H71NO8. The Morgan fingerprint density at radius 2 is 1.70 bits per heavy atom. The smallest absolute Gasteiger partial charge is 0.303 e.